The Morgan fingerprint density at radius 3 is 2.65 bits per heavy atom. The fourth-order valence-electron chi connectivity index (χ4n) is 6.29. The number of hydrogen-bond donors (Lipinski definition) is 0. The van der Waals surface area contributed by atoms with Gasteiger partial charge in [-0.3, -0.25) is 19.1 Å². The second-order valence-electron chi connectivity index (χ2n) is 11.2. The smallest absolute Gasteiger partial charge is 0.271 e. The lowest BCUT2D eigenvalue weighted by Crippen LogP contribution is -2.54. The molecule has 2 saturated heterocycles. The number of aromatic nitrogens is 1. The van der Waals surface area contributed by atoms with Gasteiger partial charge >= 0.3 is 0 Å². The minimum atomic E-state index is -0.827. The van der Waals surface area contributed by atoms with E-state index in [2.05, 4.69) is 17.5 Å². The number of piperazine rings is 1. The molecule has 0 radical (unpaired) electrons. The van der Waals surface area contributed by atoms with Crippen molar-refractivity contribution in [2.45, 2.75) is 25.0 Å². The molecule has 3 aliphatic rings. The largest absolute Gasteiger partial charge is 0.488 e. The number of hydrogen-bond acceptors (Lipinski definition) is 7. The Kier molecular flexibility index (Phi) is 7.62. The molecule has 1 unspecified atom stereocenters. The van der Waals surface area contributed by atoms with E-state index in [1.807, 2.05) is 18.9 Å². The van der Waals surface area contributed by atoms with Crippen molar-refractivity contribution in [1.29, 1.82) is 5.26 Å². The standard InChI is InChI=1S/C31H30ClF2N5O4/c1-4-26(40)37-7-8-38(17(2)12-37)28-22-10-24(32)27(21-6-5-18(33)9-25(21)34)30-29(22)39(31(41)23(28)11-35)19(16-43-30)13-36(3)20-14-42-15-20/h4-6,9-10,17,19-20H,1,7-8,12-16H2,2-3H3/t17-,19?/m0/s1. The first-order valence-electron chi connectivity index (χ1n) is 14.0. The number of nitrogens with zero attached hydrogens (tertiary/aromatic N) is 5. The van der Waals surface area contributed by atoms with Gasteiger partial charge in [-0.2, -0.15) is 5.26 Å². The number of halogens is 3. The van der Waals surface area contributed by atoms with Gasteiger partial charge in [-0.25, -0.2) is 8.78 Å². The van der Waals surface area contributed by atoms with Gasteiger partial charge in [-0.1, -0.05) is 18.2 Å². The van der Waals surface area contributed by atoms with E-state index in [-0.39, 0.29) is 52.1 Å². The Bertz CT molecular complexity index is 1750. The van der Waals surface area contributed by atoms with Crippen LogP contribution < -0.4 is 15.2 Å². The second kappa shape index (κ2) is 11.3. The van der Waals surface area contributed by atoms with Crippen molar-refractivity contribution >= 4 is 34.1 Å². The number of amides is 1. The molecule has 0 bridgehead atoms. The summed E-state index contributed by atoms with van der Waals surface area (Å²) in [6.07, 6.45) is 1.26. The van der Waals surface area contributed by atoms with Crippen LogP contribution in [0.2, 0.25) is 5.02 Å². The molecule has 0 N–H and O–H groups in total. The van der Waals surface area contributed by atoms with E-state index in [1.165, 1.54) is 12.1 Å². The minimum absolute atomic E-state index is 0.0281. The van der Waals surface area contributed by atoms with Crippen molar-refractivity contribution in [3.8, 4) is 22.9 Å². The van der Waals surface area contributed by atoms with Gasteiger partial charge in [0.15, 0.2) is 5.75 Å². The van der Waals surface area contributed by atoms with Gasteiger partial charge in [-0.15, -0.1) is 0 Å². The van der Waals surface area contributed by atoms with E-state index in [0.717, 1.165) is 12.1 Å². The van der Waals surface area contributed by atoms with Crippen molar-refractivity contribution in [2.24, 2.45) is 0 Å². The molecule has 2 aromatic carbocycles. The van der Waals surface area contributed by atoms with Gasteiger partial charge in [0.25, 0.3) is 5.56 Å². The number of rotatable bonds is 6. The SMILES string of the molecule is C=CC(=O)N1CCN(c2c(C#N)c(=O)n3c4c(c(-c5ccc(F)cc5F)c(Cl)cc24)OCC3CN(C)C2COC2)[C@@H](C)C1. The molecule has 224 valence electrons. The fourth-order valence-corrected chi connectivity index (χ4v) is 6.59. The predicted molar refractivity (Wildman–Crippen MR) is 159 cm³/mol. The van der Waals surface area contributed by atoms with E-state index in [1.54, 1.807) is 15.5 Å². The Hall–Kier alpha value is -3.98. The Morgan fingerprint density at radius 1 is 1.26 bits per heavy atom. The molecule has 12 heteroatoms. The Balaban J connectivity index is 1.60. The molecule has 1 amide bonds. The monoisotopic (exact) mass is 609 g/mol. The van der Waals surface area contributed by atoms with E-state index < -0.39 is 23.2 Å². The molecular formula is C31H30ClF2N5O4. The summed E-state index contributed by atoms with van der Waals surface area (Å²) in [6, 6.07) is 6.42. The summed E-state index contributed by atoms with van der Waals surface area (Å²) >= 11 is 6.85. The highest BCUT2D eigenvalue weighted by molar-refractivity contribution is 6.35. The first kappa shape index (κ1) is 29.1. The number of ether oxygens (including phenoxy) is 2. The summed E-state index contributed by atoms with van der Waals surface area (Å²) in [5.41, 5.74) is 0.448. The molecule has 0 spiro atoms. The summed E-state index contributed by atoms with van der Waals surface area (Å²) in [4.78, 5) is 32.3. The summed E-state index contributed by atoms with van der Waals surface area (Å²) in [6.45, 7) is 8.21. The van der Waals surface area contributed by atoms with Crippen molar-refractivity contribution in [1.82, 2.24) is 14.4 Å². The van der Waals surface area contributed by atoms with Crippen molar-refractivity contribution in [2.75, 3.05) is 57.9 Å². The number of nitriles is 1. The number of pyridine rings is 1. The van der Waals surface area contributed by atoms with Crippen LogP contribution in [0.1, 0.15) is 18.5 Å². The van der Waals surface area contributed by atoms with Crippen molar-refractivity contribution in [3.63, 3.8) is 0 Å². The maximum absolute atomic E-state index is 15.2. The average Bonchev–Trinajstić information content (AvgIpc) is 2.94. The lowest BCUT2D eigenvalue weighted by Gasteiger charge is -2.42. The predicted octanol–water partition coefficient (Wildman–Crippen LogP) is 3.96. The molecule has 4 heterocycles. The second-order valence-corrected chi connectivity index (χ2v) is 11.6. The number of benzene rings is 2. The van der Waals surface area contributed by atoms with E-state index in [0.29, 0.717) is 56.0 Å². The summed E-state index contributed by atoms with van der Waals surface area (Å²) in [5, 5.41) is 11.0. The first-order chi connectivity index (χ1) is 20.6. The van der Waals surface area contributed by atoms with Gasteiger partial charge in [0.2, 0.25) is 5.91 Å². The summed E-state index contributed by atoms with van der Waals surface area (Å²) in [7, 11) is 1.94. The topological polar surface area (TPSA) is 91.0 Å². The van der Waals surface area contributed by atoms with Crippen molar-refractivity contribution < 1.29 is 23.0 Å². The molecule has 0 saturated carbocycles. The Morgan fingerprint density at radius 2 is 2.02 bits per heavy atom. The molecule has 2 fully saturated rings. The van der Waals surface area contributed by atoms with Crippen molar-refractivity contribution in [3.05, 3.63) is 69.5 Å². The highest BCUT2D eigenvalue weighted by atomic mass is 35.5. The lowest BCUT2D eigenvalue weighted by molar-refractivity contribution is -0.126. The molecular weight excluding hydrogens is 580 g/mol. The van der Waals surface area contributed by atoms with Gasteiger partial charge in [0.1, 0.15) is 29.9 Å². The highest BCUT2D eigenvalue weighted by Crippen LogP contribution is 2.48. The number of anilines is 1. The maximum atomic E-state index is 15.2. The maximum Gasteiger partial charge on any atom is 0.271 e. The van der Waals surface area contributed by atoms with Crippen LogP contribution in [-0.4, -0.2) is 85.4 Å². The average molecular weight is 610 g/mol. The Labute approximate surface area is 252 Å². The van der Waals surface area contributed by atoms with Crippen LogP contribution in [0.5, 0.6) is 5.75 Å². The normalized spacial score (nSPS) is 20.1. The van der Waals surface area contributed by atoms with Crippen LogP contribution >= 0.6 is 11.6 Å². The zero-order chi connectivity index (χ0) is 30.6. The third-order valence-corrected chi connectivity index (χ3v) is 8.91. The van der Waals surface area contributed by atoms with Crippen LogP contribution in [0.3, 0.4) is 0 Å². The molecule has 1 aromatic heterocycles. The number of carbonyl (C=O) groups excluding carboxylic acids is 1. The number of likely N-dealkylation sites (N-methyl/N-ethyl adjacent to an activating group) is 1. The molecule has 3 aromatic rings. The zero-order valence-corrected chi connectivity index (χ0v) is 24.5. The quantitative estimate of drug-likeness (QED) is 0.391. The molecule has 43 heavy (non-hydrogen) atoms. The van der Waals surface area contributed by atoms with Gasteiger partial charge < -0.3 is 19.3 Å². The van der Waals surface area contributed by atoms with E-state index >= 15 is 4.39 Å². The van der Waals surface area contributed by atoms with E-state index in [9.17, 15) is 19.2 Å². The minimum Gasteiger partial charge on any atom is -0.488 e. The molecule has 9 nitrogen and oxygen atoms in total. The summed E-state index contributed by atoms with van der Waals surface area (Å²) in [5.74, 6) is -1.57. The third kappa shape index (κ3) is 4.83. The van der Waals surface area contributed by atoms with Crippen LogP contribution in [0.25, 0.3) is 22.0 Å². The van der Waals surface area contributed by atoms with Crippen LogP contribution in [0.4, 0.5) is 14.5 Å². The van der Waals surface area contributed by atoms with Gasteiger partial charge in [-0.05, 0) is 38.2 Å². The summed E-state index contributed by atoms with van der Waals surface area (Å²) < 4.78 is 42.2. The molecule has 3 aliphatic heterocycles. The molecule has 6 rings (SSSR count). The van der Waals surface area contributed by atoms with Crippen LogP contribution in [0.15, 0.2) is 41.7 Å². The zero-order valence-electron chi connectivity index (χ0n) is 23.8. The van der Waals surface area contributed by atoms with Crippen LogP contribution in [0, 0.1) is 23.0 Å². The third-order valence-electron chi connectivity index (χ3n) is 8.61. The fraction of sp³-hybridized carbons (Fsp3) is 0.387. The number of carbonyl (C=O) groups is 1. The van der Waals surface area contributed by atoms with Crippen LogP contribution in [-0.2, 0) is 9.53 Å². The van der Waals surface area contributed by atoms with Gasteiger partial charge in [0, 0.05) is 54.8 Å². The van der Waals surface area contributed by atoms with Gasteiger partial charge in [0.05, 0.1) is 41.5 Å². The first-order valence-corrected chi connectivity index (χ1v) is 14.4. The highest BCUT2D eigenvalue weighted by Gasteiger charge is 2.37. The van der Waals surface area contributed by atoms with E-state index in [4.69, 9.17) is 21.1 Å². The molecule has 0 aliphatic carbocycles. The lowest BCUT2D eigenvalue weighted by atomic mass is 9.96. The molecule has 2 atom stereocenters.